The molecule has 1 aromatic rings. The van der Waals surface area contributed by atoms with Crippen molar-refractivity contribution in [3.05, 3.63) is 34.9 Å². The first-order valence-electron chi connectivity index (χ1n) is 11.0. The van der Waals surface area contributed by atoms with E-state index in [-0.39, 0.29) is 11.8 Å². The Morgan fingerprint density at radius 2 is 1.83 bits per heavy atom. The summed E-state index contributed by atoms with van der Waals surface area (Å²) >= 11 is 5.95. The molecule has 1 aromatic carbocycles. The maximum absolute atomic E-state index is 12.5. The Hall–Kier alpha value is -1.59. The summed E-state index contributed by atoms with van der Waals surface area (Å²) in [5.41, 5.74) is 1.33. The van der Waals surface area contributed by atoms with Crippen molar-refractivity contribution in [3.8, 4) is 0 Å². The van der Waals surface area contributed by atoms with Gasteiger partial charge in [-0.15, -0.1) is 0 Å². The minimum atomic E-state index is 0.161. The predicted octanol–water partition coefficient (Wildman–Crippen LogP) is 3.46. The van der Waals surface area contributed by atoms with Crippen molar-refractivity contribution in [3.63, 3.8) is 0 Å². The number of rotatable bonds is 8. The molecule has 160 valence electrons. The van der Waals surface area contributed by atoms with Crippen LogP contribution in [0.2, 0.25) is 5.02 Å². The zero-order valence-electron chi connectivity index (χ0n) is 17.6. The van der Waals surface area contributed by atoms with Crippen molar-refractivity contribution in [2.24, 2.45) is 5.92 Å². The average molecular weight is 420 g/mol. The van der Waals surface area contributed by atoms with Crippen LogP contribution in [0.1, 0.15) is 44.1 Å². The van der Waals surface area contributed by atoms with Crippen LogP contribution in [0.25, 0.3) is 0 Å². The van der Waals surface area contributed by atoms with Crippen LogP contribution < -0.4 is 0 Å². The molecule has 2 fully saturated rings. The largest absolute Gasteiger partial charge is 0.345 e. The van der Waals surface area contributed by atoms with Gasteiger partial charge in [-0.1, -0.05) is 23.7 Å². The smallest absolute Gasteiger partial charge is 0.224 e. The molecule has 0 aromatic heterocycles. The Morgan fingerprint density at radius 1 is 1.10 bits per heavy atom. The first-order valence-corrected chi connectivity index (χ1v) is 11.4. The van der Waals surface area contributed by atoms with Crippen molar-refractivity contribution in [1.29, 1.82) is 0 Å². The van der Waals surface area contributed by atoms with Crippen LogP contribution in [-0.4, -0.2) is 72.8 Å². The molecule has 0 spiro atoms. The molecule has 2 saturated heterocycles. The molecule has 0 unspecified atom stereocenters. The first-order chi connectivity index (χ1) is 14.0. The Kier molecular flexibility index (Phi) is 8.37. The van der Waals surface area contributed by atoms with Gasteiger partial charge in [0.25, 0.3) is 0 Å². The number of hydrogen-bond donors (Lipinski definition) is 0. The molecule has 3 rings (SSSR count). The van der Waals surface area contributed by atoms with E-state index >= 15 is 0 Å². The highest BCUT2D eigenvalue weighted by atomic mass is 35.5. The van der Waals surface area contributed by atoms with Crippen LogP contribution in [0.5, 0.6) is 0 Å². The zero-order chi connectivity index (χ0) is 20.6. The highest BCUT2D eigenvalue weighted by Gasteiger charge is 2.23. The van der Waals surface area contributed by atoms with Crippen molar-refractivity contribution in [2.75, 3.05) is 46.3 Å². The van der Waals surface area contributed by atoms with E-state index in [0.717, 1.165) is 69.9 Å². The third-order valence-electron chi connectivity index (χ3n) is 6.31. The van der Waals surface area contributed by atoms with Crippen LogP contribution in [0.15, 0.2) is 24.3 Å². The van der Waals surface area contributed by atoms with Crippen molar-refractivity contribution in [1.82, 2.24) is 14.7 Å². The minimum absolute atomic E-state index is 0.161. The van der Waals surface area contributed by atoms with Gasteiger partial charge in [0.2, 0.25) is 11.8 Å². The molecule has 2 aliphatic rings. The van der Waals surface area contributed by atoms with E-state index in [2.05, 4.69) is 17.0 Å². The second kappa shape index (κ2) is 11.0. The minimum Gasteiger partial charge on any atom is -0.345 e. The van der Waals surface area contributed by atoms with E-state index in [1.165, 1.54) is 5.56 Å². The van der Waals surface area contributed by atoms with Gasteiger partial charge in [0.1, 0.15) is 0 Å². The van der Waals surface area contributed by atoms with Gasteiger partial charge in [-0.25, -0.2) is 0 Å². The lowest BCUT2D eigenvalue weighted by molar-refractivity contribution is -0.135. The van der Waals surface area contributed by atoms with Crippen molar-refractivity contribution >= 4 is 23.4 Å². The summed E-state index contributed by atoms with van der Waals surface area (Å²) < 4.78 is 0. The second-order valence-corrected chi connectivity index (χ2v) is 8.96. The van der Waals surface area contributed by atoms with Crippen LogP contribution in [0.3, 0.4) is 0 Å². The maximum atomic E-state index is 12.5. The molecular weight excluding hydrogens is 386 g/mol. The van der Waals surface area contributed by atoms with Gasteiger partial charge in [-0.3, -0.25) is 9.59 Å². The molecule has 0 atom stereocenters. The first kappa shape index (κ1) is 22.1. The molecule has 0 radical (unpaired) electrons. The number of halogens is 1. The molecule has 0 bridgehead atoms. The molecule has 2 amide bonds. The molecule has 2 heterocycles. The van der Waals surface area contributed by atoms with Gasteiger partial charge >= 0.3 is 0 Å². The number of nitrogens with zero attached hydrogens (tertiary/aromatic N) is 3. The van der Waals surface area contributed by atoms with Crippen molar-refractivity contribution < 1.29 is 9.59 Å². The normalized spacial score (nSPS) is 18.8. The topological polar surface area (TPSA) is 43.9 Å². The quantitative estimate of drug-likeness (QED) is 0.648. The van der Waals surface area contributed by atoms with Gasteiger partial charge in [0.15, 0.2) is 0 Å². The Bertz CT molecular complexity index is 671. The number of benzene rings is 1. The van der Waals surface area contributed by atoms with Crippen molar-refractivity contribution in [2.45, 2.75) is 44.9 Å². The second-order valence-electron chi connectivity index (χ2n) is 8.52. The molecule has 0 aliphatic carbocycles. The summed E-state index contributed by atoms with van der Waals surface area (Å²) in [5.74, 6) is 0.943. The summed E-state index contributed by atoms with van der Waals surface area (Å²) in [6.07, 6.45) is 6.47. The predicted molar refractivity (Wildman–Crippen MR) is 117 cm³/mol. The molecule has 6 heteroatoms. The number of carbonyl (C=O) groups excluding carboxylic acids is 2. The van der Waals surface area contributed by atoms with Gasteiger partial charge < -0.3 is 14.7 Å². The monoisotopic (exact) mass is 419 g/mol. The average Bonchev–Trinajstić information content (AvgIpc) is 2.73. The van der Waals surface area contributed by atoms with Crippen LogP contribution in [-0.2, 0) is 16.0 Å². The lowest BCUT2D eigenvalue weighted by Gasteiger charge is -2.34. The summed E-state index contributed by atoms with van der Waals surface area (Å²) in [6, 6.07) is 8.12. The summed E-state index contributed by atoms with van der Waals surface area (Å²) in [7, 11) is 1.91. The molecule has 29 heavy (non-hydrogen) atoms. The maximum Gasteiger partial charge on any atom is 0.224 e. The van der Waals surface area contributed by atoms with Crippen LogP contribution in [0.4, 0.5) is 0 Å². The van der Waals surface area contributed by atoms with Gasteiger partial charge in [0, 0.05) is 51.1 Å². The standard InChI is InChI=1S/C23H34ClN3O2/c1-25(22(28)12-17-27-13-3-2-4-23(27)29)18-20-10-15-26(16-11-20)14-9-19-5-7-21(24)8-6-19/h5-8,20H,2-4,9-18H2,1H3. The number of likely N-dealkylation sites (tertiary alicyclic amines) is 2. The van der Waals surface area contributed by atoms with E-state index in [1.807, 2.05) is 29.0 Å². The Morgan fingerprint density at radius 3 is 2.52 bits per heavy atom. The third kappa shape index (κ3) is 7.00. The van der Waals surface area contributed by atoms with Gasteiger partial charge in [0.05, 0.1) is 0 Å². The lowest BCUT2D eigenvalue weighted by atomic mass is 9.96. The summed E-state index contributed by atoms with van der Waals surface area (Å²) in [4.78, 5) is 30.6. The van der Waals surface area contributed by atoms with Crippen LogP contribution in [0, 0.1) is 5.92 Å². The van der Waals surface area contributed by atoms with E-state index in [9.17, 15) is 9.59 Å². The Balaban J connectivity index is 1.32. The van der Waals surface area contributed by atoms with Crippen LogP contribution >= 0.6 is 11.6 Å². The fourth-order valence-electron chi connectivity index (χ4n) is 4.34. The van der Waals surface area contributed by atoms with E-state index in [4.69, 9.17) is 11.6 Å². The van der Waals surface area contributed by atoms with E-state index in [1.54, 1.807) is 0 Å². The number of carbonyl (C=O) groups is 2. The zero-order valence-corrected chi connectivity index (χ0v) is 18.4. The lowest BCUT2D eigenvalue weighted by Crippen LogP contribution is -2.41. The highest BCUT2D eigenvalue weighted by Crippen LogP contribution is 2.19. The molecule has 5 nitrogen and oxygen atoms in total. The molecule has 0 N–H and O–H groups in total. The third-order valence-corrected chi connectivity index (χ3v) is 6.56. The Labute approximate surface area is 180 Å². The number of piperidine rings is 2. The number of amides is 2. The summed E-state index contributed by atoms with van der Waals surface area (Å²) in [5, 5.41) is 0.788. The molecular formula is C23H34ClN3O2. The highest BCUT2D eigenvalue weighted by molar-refractivity contribution is 6.30. The van der Waals surface area contributed by atoms with Gasteiger partial charge in [-0.2, -0.15) is 0 Å². The number of hydrogen-bond acceptors (Lipinski definition) is 3. The summed E-state index contributed by atoms with van der Waals surface area (Å²) in [6.45, 7) is 5.49. The SMILES string of the molecule is CN(CC1CCN(CCc2ccc(Cl)cc2)CC1)C(=O)CCN1CCCCC1=O. The van der Waals surface area contributed by atoms with E-state index in [0.29, 0.717) is 25.3 Å². The van der Waals surface area contributed by atoms with E-state index < -0.39 is 0 Å². The fraction of sp³-hybridized carbons (Fsp3) is 0.652. The molecule has 2 aliphatic heterocycles. The molecule has 0 saturated carbocycles. The van der Waals surface area contributed by atoms with Gasteiger partial charge in [-0.05, 0) is 68.8 Å². The fourth-order valence-corrected chi connectivity index (χ4v) is 4.47.